The molecule has 1 amide bonds. The highest BCUT2D eigenvalue weighted by Gasteiger charge is 2.20. The third kappa shape index (κ3) is 3.91. The van der Waals surface area contributed by atoms with Crippen LogP contribution in [0.4, 0.5) is 11.4 Å². The first-order valence-corrected chi connectivity index (χ1v) is 9.72. The normalized spacial score (nSPS) is 14.8. The summed E-state index contributed by atoms with van der Waals surface area (Å²) in [6.07, 6.45) is 0.852. The molecule has 26 heavy (non-hydrogen) atoms. The zero-order valence-electron chi connectivity index (χ0n) is 14.5. The maximum atomic E-state index is 12.6. The molecule has 1 saturated heterocycles. The van der Waals surface area contributed by atoms with Gasteiger partial charge in [0.15, 0.2) is 0 Å². The van der Waals surface area contributed by atoms with E-state index < -0.39 is 10.0 Å². The van der Waals surface area contributed by atoms with E-state index in [-0.39, 0.29) is 4.90 Å². The van der Waals surface area contributed by atoms with E-state index in [4.69, 9.17) is 4.74 Å². The van der Waals surface area contributed by atoms with Crippen molar-refractivity contribution in [1.82, 2.24) is 4.90 Å². The van der Waals surface area contributed by atoms with Gasteiger partial charge in [-0.15, -0.1) is 0 Å². The van der Waals surface area contributed by atoms with Crippen LogP contribution < -0.4 is 14.4 Å². The molecule has 0 saturated carbocycles. The number of benzene rings is 2. The van der Waals surface area contributed by atoms with E-state index in [2.05, 4.69) is 9.62 Å². The summed E-state index contributed by atoms with van der Waals surface area (Å²) in [7, 11) is -2.21. The van der Waals surface area contributed by atoms with Gasteiger partial charge in [-0.2, -0.15) is 0 Å². The van der Waals surface area contributed by atoms with Gasteiger partial charge in [-0.3, -0.25) is 9.52 Å². The number of hydrogen-bond acceptors (Lipinski definition) is 5. The number of hydrogen-bond donors (Lipinski definition) is 1. The van der Waals surface area contributed by atoms with Gasteiger partial charge in [0.05, 0.1) is 17.7 Å². The highest BCUT2D eigenvalue weighted by Crippen LogP contribution is 2.31. The van der Waals surface area contributed by atoms with Crippen molar-refractivity contribution in [2.45, 2.75) is 4.90 Å². The summed E-state index contributed by atoms with van der Waals surface area (Å²) in [5.41, 5.74) is 1.26. The Bertz CT molecular complexity index is 863. The van der Waals surface area contributed by atoms with Crippen molar-refractivity contribution < 1.29 is 17.9 Å². The molecule has 0 radical (unpaired) electrons. The molecule has 0 unspecified atom stereocenters. The minimum atomic E-state index is -3.71. The van der Waals surface area contributed by atoms with Crippen molar-refractivity contribution in [2.24, 2.45) is 0 Å². The summed E-state index contributed by atoms with van der Waals surface area (Å²) < 4.78 is 33.1. The Morgan fingerprint density at radius 3 is 2.35 bits per heavy atom. The first-order valence-electron chi connectivity index (χ1n) is 8.24. The lowest BCUT2D eigenvalue weighted by molar-refractivity contribution is -0.118. The van der Waals surface area contributed by atoms with E-state index in [9.17, 15) is 13.2 Å². The summed E-state index contributed by atoms with van der Waals surface area (Å²) in [6.45, 7) is 2.66. The molecule has 2 aromatic rings. The van der Waals surface area contributed by atoms with Gasteiger partial charge < -0.3 is 14.5 Å². The predicted molar refractivity (Wildman–Crippen MR) is 100 cm³/mol. The Morgan fingerprint density at radius 2 is 1.73 bits per heavy atom. The van der Waals surface area contributed by atoms with E-state index in [1.807, 2.05) is 6.07 Å². The van der Waals surface area contributed by atoms with Gasteiger partial charge in [0.1, 0.15) is 5.75 Å². The van der Waals surface area contributed by atoms with Gasteiger partial charge in [0.2, 0.25) is 6.41 Å². The van der Waals surface area contributed by atoms with Crippen LogP contribution in [0.1, 0.15) is 0 Å². The van der Waals surface area contributed by atoms with Crippen molar-refractivity contribution >= 4 is 27.8 Å². The van der Waals surface area contributed by atoms with Crippen molar-refractivity contribution in [1.29, 1.82) is 0 Å². The third-order valence-corrected chi connectivity index (χ3v) is 5.69. The summed E-state index contributed by atoms with van der Waals surface area (Å²) in [4.78, 5) is 14.9. The van der Waals surface area contributed by atoms with Gasteiger partial charge in [-0.25, -0.2) is 8.42 Å². The molecule has 1 heterocycles. The first kappa shape index (κ1) is 18.1. The smallest absolute Gasteiger partial charge is 0.262 e. The van der Waals surface area contributed by atoms with Crippen LogP contribution in [0.15, 0.2) is 53.4 Å². The Kier molecular flexibility index (Phi) is 5.32. The number of sulfonamides is 1. The molecule has 8 heteroatoms. The second kappa shape index (κ2) is 7.65. The summed E-state index contributed by atoms with van der Waals surface area (Å²) in [5, 5.41) is 0. The zero-order valence-corrected chi connectivity index (χ0v) is 15.3. The second-order valence-corrected chi connectivity index (χ2v) is 7.61. The van der Waals surface area contributed by atoms with Gasteiger partial charge in [0.25, 0.3) is 10.0 Å². The van der Waals surface area contributed by atoms with E-state index in [1.54, 1.807) is 35.2 Å². The molecule has 3 rings (SSSR count). The highest BCUT2D eigenvalue weighted by molar-refractivity contribution is 7.92. The minimum absolute atomic E-state index is 0.187. The quantitative estimate of drug-likeness (QED) is 0.779. The second-order valence-electron chi connectivity index (χ2n) is 5.93. The molecule has 2 aromatic carbocycles. The molecule has 7 nitrogen and oxygen atoms in total. The molecule has 0 aromatic heterocycles. The van der Waals surface area contributed by atoms with Crippen LogP contribution in [0, 0.1) is 0 Å². The van der Waals surface area contributed by atoms with E-state index >= 15 is 0 Å². The number of nitrogens with zero attached hydrogens (tertiary/aromatic N) is 2. The number of anilines is 2. The van der Waals surface area contributed by atoms with E-state index in [0.29, 0.717) is 37.6 Å². The number of amides is 1. The fourth-order valence-electron chi connectivity index (χ4n) is 2.86. The van der Waals surface area contributed by atoms with Crippen molar-refractivity contribution in [2.75, 3.05) is 42.9 Å². The van der Waals surface area contributed by atoms with E-state index in [0.717, 1.165) is 12.1 Å². The highest BCUT2D eigenvalue weighted by atomic mass is 32.2. The number of carbonyl (C=O) groups excluding carboxylic acids is 1. The van der Waals surface area contributed by atoms with Gasteiger partial charge in [-0.1, -0.05) is 18.2 Å². The molecule has 1 fully saturated rings. The molecule has 0 atom stereocenters. The van der Waals surface area contributed by atoms with Crippen molar-refractivity contribution in [3.8, 4) is 5.75 Å². The lowest BCUT2D eigenvalue weighted by atomic mass is 10.2. The molecule has 0 aliphatic carbocycles. The van der Waals surface area contributed by atoms with Gasteiger partial charge in [-0.05, 0) is 30.3 Å². The number of nitrogens with one attached hydrogen (secondary N) is 1. The van der Waals surface area contributed by atoms with Crippen LogP contribution in [0.5, 0.6) is 5.75 Å². The summed E-state index contributed by atoms with van der Waals surface area (Å²) >= 11 is 0. The minimum Gasteiger partial charge on any atom is -0.495 e. The monoisotopic (exact) mass is 375 g/mol. The molecule has 1 aliphatic rings. The van der Waals surface area contributed by atoms with Gasteiger partial charge >= 0.3 is 0 Å². The molecule has 0 spiro atoms. The maximum absolute atomic E-state index is 12.6. The Labute approximate surface area is 153 Å². The number of piperazine rings is 1. The number of ether oxygens (including phenoxy) is 1. The fraction of sp³-hybridized carbons (Fsp3) is 0.278. The van der Waals surface area contributed by atoms with Crippen LogP contribution in [0.2, 0.25) is 0 Å². The van der Waals surface area contributed by atoms with Crippen LogP contribution >= 0.6 is 0 Å². The zero-order chi connectivity index (χ0) is 18.6. The van der Waals surface area contributed by atoms with Crippen LogP contribution in [0.3, 0.4) is 0 Å². The van der Waals surface area contributed by atoms with Crippen molar-refractivity contribution in [3.05, 3.63) is 48.5 Å². The average Bonchev–Trinajstić information content (AvgIpc) is 2.68. The Balaban J connectivity index is 1.86. The lowest BCUT2D eigenvalue weighted by Crippen LogP contribution is -2.45. The summed E-state index contributed by atoms with van der Waals surface area (Å²) in [5.74, 6) is 0.444. The maximum Gasteiger partial charge on any atom is 0.262 e. The number of carbonyl (C=O) groups is 1. The van der Waals surface area contributed by atoms with Crippen LogP contribution in [-0.4, -0.2) is 53.0 Å². The Morgan fingerprint density at radius 1 is 1.04 bits per heavy atom. The fourth-order valence-corrected chi connectivity index (χ4v) is 3.94. The Hall–Kier alpha value is -2.74. The third-order valence-electron chi connectivity index (χ3n) is 4.31. The molecule has 1 aliphatic heterocycles. The largest absolute Gasteiger partial charge is 0.495 e. The number of rotatable bonds is 6. The molecule has 0 bridgehead atoms. The number of methoxy groups -OCH3 is 1. The average molecular weight is 375 g/mol. The van der Waals surface area contributed by atoms with Gasteiger partial charge in [0, 0.05) is 31.9 Å². The standard InChI is InChI=1S/C18H21N3O4S/c1-25-18-8-7-15(21-11-9-20(14-22)10-12-21)13-17(18)19-26(23,24)16-5-3-2-4-6-16/h2-8,13-14,19H,9-12H2,1H3. The summed E-state index contributed by atoms with van der Waals surface area (Å²) in [6, 6.07) is 13.6. The van der Waals surface area contributed by atoms with E-state index in [1.165, 1.54) is 19.2 Å². The topological polar surface area (TPSA) is 79.0 Å². The predicted octanol–water partition coefficient (Wildman–Crippen LogP) is 1.77. The van der Waals surface area contributed by atoms with Crippen molar-refractivity contribution in [3.63, 3.8) is 0 Å². The molecule has 1 N–H and O–H groups in total. The molecular weight excluding hydrogens is 354 g/mol. The SMILES string of the molecule is COc1ccc(N2CCN(C=O)CC2)cc1NS(=O)(=O)c1ccccc1. The van der Waals surface area contributed by atoms with Crippen LogP contribution in [-0.2, 0) is 14.8 Å². The molecule has 138 valence electrons. The first-order chi connectivity index (χ1) is 12.5. The van der Waals surface area contributed by atoms with Crippen LogP contribution in [0.25, 0.3) is 0 Å². The lowest BCUT2D eigenvalue weighted by Gasteiger charge is -2.34. The molecular formula is C18H21N3O4S.